The molecule has 0 aliphatic carbocycles. The summed E-state index contributed by atoms with van der Waals surface area (Å²) in [6, 6.07) is 20.5. The molecule has 3 aromatic rings. The van der Waals surface area contributed by atoms with Crippen molar-refractivity contribution in [1.29, 1.82) is 0 Å². The number of benzene rings is 2. The molecule has 0 saturated heterocycles. The van der Waals surface area contributed by atoms with E-state index in [-0.39, 0.29) is 12.0 Å². The monoisotopic (exact) mass is 347 g/mol. The Balaban J connectivity index is 2.22. The quantitative estimate of drug-likeness (QED) is 0.551. The van der Waals surface area contributed by atoms with Gasteiger partial charge >= 0.3 is 5.97 Å². The topological polar surface area (TPSA) is 31.2 Å². The molecule has 0 unspecified atom stereocenters. The van der Waals surface area contributed by atoms with Crippen LogP contribution in [0.1, 0.15) is 48.3 Å². The number of hydrogen-bond donors (Lipinski definition) is 0. The molecule has 3 heteroatoms. The first-order valence-corrected chi connectivity index (χ1v) is 9.18. The first-order chi connectivity index (χ1) is 12.7. The summed E-state index contributed by atoms with van der Waals surface area (Å²) >= 11 is 0. The molecule has 3 nitrogen and oxygen atoms in total. The number of aromatic nitrogens is 1. The van der Waals surface area contributed by atoms with E-state index in [1.54, 1.807) is 0 Å². The molecule has 0 bridgehead atoms. The third-order valence-corrected chi connectivity index (χ3v) is 4.72. The van der Waals surface area contributed by atoms with Gasteiger partial charge in [0.05, 0.1) is 23.9 Å². The molecule has 0 amide bonds. The lowest BCUT2D eigenvalue weighted by molar-refractivity contribution is 0.0526. The lowest BCUT2D eigenvalue weighted by Gasteiger charge is -2.19. The fourth-order valence-corrected chi connectivity index (χ4v) is 3.36. The number of esters is 1. The van der Waals surface area contributed by atoms with E-state index >= 15 is 0 Å². The van der Waals surface area contributed by atoms with Gasteiger partial charge in [-0.1, -0.05) is 67.6 Å². The van der Waals surface area contributed by atoms with Crippen LogP contribution in [-0.4, -0.2) is 17.1 Å². The Morgan fingerprint density at radius 1 is 1.00 bits per heavy atom. The lowest BCUT2D eigenvalue weighted by atomic mass is 10.0. The predicted octanol–water partition coefficient (Wildman–Crippen LogP) is 5.50. The molecule has 1 aromatic heterocycles. The maximum atomic E-state index is 12.8. The Labute approximate surface area is 155 Å². The van der Waals surface area contributed by atoms with Crippen molar-refractivity contribution in [3.8, 4) is 11.3 Å². The first-order valence-electron chi connectivity index (χ1n) is 9.18. The second-order valence-corrected chi connectivity index (χ2v) is 6.31. The van der Waals surface area contributed by atoms with E-state index < -0.39 is 0 Å². The highest BCUT2D eigenvalue weighted by Gasteiger charge is 2.25. The van der Waals surface area contributed by atoms with E-state index in [0.29, 0.717) is 12.2 Å². The molecule has 0 aliphatic heterocycles. The predicted molar refractivity (Wildman–Crippen MR) is 105 cm³/mol. The fraction of sp³-hybridized carbons (Fsp3) is 0.261. The molecular weight excluding hydrogens is 322 g/mol. The molecule has 0 aliphatic rings. The number of hydrogen-bond acceptors (Lipinski definition) is 2. The van der Waals surface area contributed by atoms with Gasteiger partial charge < -0.3 is 9.30 Å². The van der Waals surface area contributed by atoms with Crippen molar-refractivity contribution in [2.75, 3.05) is 6.61 Å². The van der Waals surface area contributed by atoms with Crippen LogP contribution in [0.15, 0.2) is 66.9 Å². The molecule has 26 heavy (non-hydrogen) atoms. The normalized spacial score (nSPS) is 12.0. The number of carbonyl (C=O) groups is 1. The van der Waals surface area contributed by atoms with Crippen molar-refractivity contribution in [2.45, 2.75) is 33.2 Å². The standard InChI is InChI=1S/C23H25NO2/c1-4-18-16-24(17(3)19-12-8-6-9-13-19)22(20-14-10-7-11-15-20)21(18)23(25)26-5-2/h6-17H,4-5H2,1-3H3/t17-/m1/s1. The number of carbonyl (C=O) groups excluding carboxylic acids is 1. The highest BCUT2D eigenvalue weighted by molar-refractivity contribution is 5.98. The summed E-state index contributed by atoms with van der Waals surface area (Å²) in [5, 5.41) is 0. The van der Waals surface area contributed by atoms with Gasteiger partial charge in [-0.2, -0.15) is 0 Å². The third-order valence-electron chi connectivity index (χ3n) is 4.72. The molecule has 0 radical (unpaired) electrons. The lowest BCUT2D eigenvalue weighted by Crippen LogP contribution is -2.11. The first kappa shape index (κ1) is 18.0. The Morgan fingerprint density at radius 3 is 2.19 bits per heavy atom. The van der Waals surface area contributed by atoms with Crippen molar-refractivity contribution >= 4 is 5.97 Å². The largest absolute Gasteiger partial charge is 0.462 e. The van der Waals surface area contributed by atoms with E-state index in [9.17, 15) is 4.79 Å². The van der Waals surface area contributed by atoms with Gasteiger partial charge in [-0.05, 0) is 37.0 Å². The van der Waals surface area contributed by atoms with Gasteiger partial charge in [0.25, 0.3) is 0 Å². The minimum absolute atomic E-state index is 0.111. The molecule has 0 N–H and O–H groups in total. The zero-order valence-electron chi connectivity index (χ0n) is 15.6. The molecule has 1 atom stereocenters. The maximum absolute atomic E-state index is 12.8. The van der Waals surface area contributed by atoms with Crippen LogP contribution in [-0.2, 0) is 11.2 Å². The van der Waals surface area contributed by atoms with Gasteiger partial charge in [-0.3, -0.25) is 0 Å². The summed E-state index contributed by atoms with van der Waals surface area (Å²) in [6.45, 7) is 6.45. The zero-order chi connectivity index (χ0) is 18.5. The molecule has 0 saturated carbocycles. The number of aryl methyl sites for hydroxylation is 1. The van der Waals surface area contributed by atoms with Crippen LogP contribution in [0.3, 0.4) is 0 Å². The van der Waals surface area contributed by atoms with Gasteiger partial charge in [0.1, 0.15) is 0 Å². The molecule has 134 valence electrons. The molecule has 2 aromatic carbocycles. The highest BCUT2D eigenvalue weighted by Crippen LogP contribution is 2.34. The SMILES string of the molecule is CCOC(=O)c1c(CC)cn([C@H](C)c2ccccc2)c1-c1ccccc1. The van der Waals surface area contributed by atoms with Crippen LogP contribution in [0.5, 0.6) is 0 Å². The van der Waals surface area contributed by atoms with Crippen LogP contribution in [0, 0.1) is 0 Å². The second-order valence-electron chi connectivity index (χ2n) is 6.31. The van der Waals surface area contributed by atoms with Crippen molar-refractivity contribution in [1.82, 2.24) is 4.57 Å². The van der Waals surface area contributed by atoms with Crippen LogP contribution in [0.2, 0.25) is 0 Å². The minimum atomic E-state index is -0.248. The molecule has 3 rings (SSSR count). The Bertz CT molecular complexity index is 866. The number of nitrogens with zero attached hydrogens (tertiary/aromatic N) is 1. The summed E-state index contributed by atoms with van der Waals surface area (Å²) in [5.74, 6) is -0.248. The van der Waals surface area contributed by atoms with Crippen LogP contribution >= 0.6 is 0 Å². The summed E-state index contributed by atoms with van der Waals surface area (Å²) in [4.78, 5) is 12.8. The fourth-order valence-electron chi connectivity index (χ4n) is 3.36. The summed E-state index contributed by atoms with van der Waals surface area (Å²) in [7, 11) is 0. The van der Waals surface area contributed by atoms with Gasteiger partial charge in [-0.15, -0.1) is 0 Å². The van der Waals surface area contributed by atoms with Gasteiger partial charge in [-0.25, -0.2) is 4.79 Å². The molecular formula is C23H25NO2. The Kier molecular flexibility index (Phi) is 5.57. The summed E-state index contributed by atoms with van der Waals surface area (Å²) in [6.07, 6.45) is 2.88. The van der Waals surface area contributed by atoms with Crippen LogP contribution < -0.4 is 0 Å². The van der Waals surface area contributed by atoms with E-state index in [0.717, 1.165) is 23.2 Å². The van der Waals surface area contributed by atoms with Crippen molar-refractivity contribution in [3.05, 3.63) is 83.6 Å². The van der Waals surface area contributed by atoms with Crippen molar-refractivity contribution in [2.24, 2.45) is 0 Å². The average molecular weight is 347 g/mol. The minimum Gasteiger partial charge on any atom is -0.462 e. The van der Waals surface area contributed by atoms with Crippen LogP contribution in [0.25, 0.3) is 11.3 Å². The Morgan fingerprint density at radius 2 is 1.62 bits per heavy atom. The van der Waals surface area contributed by atoms with Crippen LogP contribution in [0.4, 0.5) is 0 Å². The van der Waals surface area contributed by atoms with E-state index in [1.807, 2.05) is 55.5 Å². The summed E-state index contributed by atoms with van der Waals surface area (Å²) in [5.41, 5.74) is 4.86. The van der Waals surface area contributed by atoms with Crippen molar-refractivity contribution < 1.29 is 9.53 Å². The summed E-state index contributed by atoms with van der Waals surface area (Å²) < 4.78 is 7.58. The molecule has 0 spiro atoms. The van der Waals surface area contributed by atoms with E-state index in [4.69, 9.17) is 4.74 Å². The van der Waals surface area contributed by atoms with E-state index in [1.165, 1.54) is 5.56 Å². The smallest absolute Gasteiger partial charge is 0.340 e. The Hall–Kier alpha value is -2.81. The maximum Gasteiger partial charge on any atom is 0.340 e. The van der Waals surface area contributed by atoms with Crippen molar-refractivity contribution in [3.63, 3.8) is 0 Å². The van der Waals surface area contributed by atoms with Gasteiger partial charge in [0, 0.05) is 6.20 Å². The van der Waals surface area contributed by atoms with E-state index in [2.05, 4.69) is 36.7 Å². The average Bonchev–Trinajstić information content (AvgIpc) is 3.08. The molecule has 0 fully saturated rings. The van der Waals surface area contributed by atoms with Gasteiger partial charge in [0.15, 0.2) is 0 Å². The second kappa shape index (κ2) is 8.05. The highest BCUT2D eigenvalue weighted by atomic mass is 16.5. The zero-order valence-corrected chi connectivity index (χ0v) is 15.6. The number of rotatable bonds is 6. The number of ether oxygens (including phenoxy) is 1. The van der Waals surface area contributed by atoms with Gasteiger partial charge in [0.2, 0.25) is 0 Å². The molecule has 1 heterocycles. The third kappa shape index (κ3) is 3.43.